The number of carbonyl (C=O) groups excluding carboxylic acids is 2. The molecule has 3 fully saturated rings. The Kier molecular flexibility index (Phi) is 6.29. The summed E-state index contributed by atoms with van der Waals surface area (Å²) in [4.78, 5) is 27.1. The molecule has 3 aliphatic carbocycles. The first-order valence-corrected chi connectivity index (χ1v) is 14.7. The Hall–Kier alpha value is -2.47. The summed E-state index contributed by atoms with van der Waals surface area (Å²) in [6, 6.07) is 10.8. The Balaban J connectivity index is 1.20. The van der Waals surface area contributed by atoms with Crippen LogP contribution in [0.1, 0.15) is 68.9 Å². The van der Waals surface area contributed by atoms with Crippen LogP contribution in [0.5, 0.6) is 0 Å². The maximum atomic E-state index is 13.9. The lowest BCUT2D eigenvalue weighted by Gasteiger charge is -2.58. The minimum Gasteiger partial charge on any atom is -0.349 e. The van der Waals surface area contributed by atoms with Gasteiger partial charge in [-0.1, -0.05) is 38.1 Å². The molecule has 1 aromatic carbocycles. The minimum atomic E-state index is -0.241. The number of rotatable bonds is 5. The first-order valence-electron chi connectivity index (χ1n) is 13.9. The average Bonchev–Trinajstić information content (AvgIpc) is 3.53. The number of amides is 2. The van der Waals surface area contributed by atoms with Crippen molar-refractivity contribution in [3.63, 3.8) is 0 Å². The van der Waals surface area contributed by atoms with Crippen molar-refractivity contribution >= 4 is 23.2 Å². The zero-order chi connectivity index (χ0) is 25.8. The van der Waals surface area contributed by atoms with Crippen molar-refractivity contribution in [1.82, 2.24) is 10.6 Å². The van der Waals surface area contributed by atoms with Crippen LogP contribution in [-0.2, 0) is 16.0 Å². The zero-order valence-corrected chi connectivity index (χ0v) is 22.5. The molecule has 1 aliphatic heterocycles. The second-order valence-electron chi connectivity index (χ2n) is 12.3. The number of benzene rings is 1. The summed E-state index contributed by atoms with van der Waals surface area (Å²) in [6.07, 6.45) is 11.0. The van der Waals surface area contributed by atoms with E-state index in [4.69, 9.17) is 0 Å². The van der Waals surface area contributed by atoms with Crippen molar-refractivity contribution in [2.75, 3.05) is 0 Å². The van der Waals surface area contributed by atoms with E-state index in [1.54, 1.807) is 17.4 Å². The van der Waals surface area contributed by atoms with Gasteiger partial charge in [0, 0.05) is 22.3 Å². The predicted octanol–water partition coefficient (Wildman–Crippen LogP) is 6.20. The SMILES string of the molecule is C[C@]12C=CC(=O)NC1CC[C@@H]1[C@H]2CC[C@]2(C)C(C(=O)NC(Cc3ccc(F)cc3)c3cccs3)CC[C@@H]12. The molecule has 2 N–H and O–H groups in total. The fraction of sp³-hybridized carbons (Fsp3) is 0.548. The van der Waals surface area contributed by atoms with E-state index in [0.717, 1.165) is 49.0 Å². The number of carbonyl (C=O) groups is 2. The van der Waals surface area contributed by atoms with Crippen LogP contribution in [0.4, 0.5) is 4.39 Å². The number of halogens is 1. The van der Waals surface area contributed by atoms with Gasteiger partial charge in [0.1, 0.15) is 5.82 Å². The van der Waals surface area contributed by atoms with E-state index in [9.17, 15) is 14.0 Å². The summed E-state index contributed by atoms with van der Waals surface area (Å²) in [5.41, 5.74) is 1.04. The normalized spacial score (nSPS) is 37.2. The summed E-state index contributed by atoms with van der Waals surface area (Å²) < 4.78 is 13.5. The molecule has 2 aromatic rings. The third kappa shape index (κ3) is 4.25. The highest BCUT2D eigenvalue weighted by Crippen LogP contribution is 2.65. The molecule has 1 aromatic heterocycles. The average molecular weight is 521 g/mol. The van der Waals surface area contributed by atoms with Crippen LogP contribution in [0.25, 0.3) is 0 Å². The third-order valence-corrected chi connectivity index (χ3v) is 11.5. The molecule has 4 nitrogen and oxygen atoms in total. The lowest BCUT2D eigenvalue weighted by molar-refractivity contribution is -0.134. The zero-order valence-electron chi connectivity index (χ0n) is 21.7. The molecule has 3 unspecified atom stereocenters. The molecule has 0 saturated heterocycles. The van der Waals surface area contributed by atoms with E-state index in [2.05, 4.69) is 36.6 Å². The van der Waals surface area contributed by atoms with Crippen LogP contribution in [0, 0.1) is 40.3 Å². The molecule has 37 heavy (non-hydrogen) atoms. The summed E-state index contributed by atoms with van der Waals surface area (Å²) in [7, 11) is 0. The second-order valence-corrected chi connectivity index (χ2v) is 13.3. The molecule has 4 aliphatic rings. The van der Waals surface area contributed by atoms with Crippen molar-refractivity contribution in [1.29, 1.82) is 0 Å². The van der Waals surface area contributed by atoms with Crippen molar-refractivity contribution in [3.05, 3.63) is 70.2 Å². The molecule has 0 bridgehead atoms. The van der Waals surface area contributed by atoms with Crippen molar-refractivity contribution < 1.29 is 14.0 Å². The second kappa shape index (κ2) is 9.37. The molecule has 0 radical (unpaired) electrons. The Morgan fingerprint density at radius 1 is 1.11 bits per heavy atom. The smallest absolute Gasteiger partial charge is 0.243 e. The first-order chi connectivity index (χ1) is 17.8. The highest BCUT2D eigenvalue weighted by Gasteiger charge is 2.60. The maximum Gasteiger partial charge on any atom is 0.243 e. The summed E-state index contributed by atoms with van der Waals surface area (Å²) >= 11 is 1.66. The van der Waals surface area contributed by atoms with Gasteiger partial charge in [0.2, 0.25) is 11.8 Å². The van der Waals surface area contributed by atoms with Gasteiger partial charge in [0.15, 0.2) is 0 Å². The van der Waals surface area contributed by atoms with Gasteiger partial charge in [-0.3, -0.25) is 9.59 Å². The quantitative estimate of drug-likeness (QED) is 0.493. The lowest BCUT2D eigenvalue weighted by Crippen LogP contribution is -2.59. The Morgan fingerprint density at radius 2 is 1.92 bits per heavy atom. The monoisotopic (exact) mass is 520 g/mol. The number of thiophene rings is 1. The van der Waals surface area contributed by atoms with Gasteiger partial charge in [-0.15, -0.1) is 11.3 Å². The molecule has 8 atom stereocenters. The van der Waals surface area contributed by atoms with Crippen LogP contribution in [0.3, 0.4) is 0 Å². The fourth-order valence-electron chi connectivity index (χ4n) is 8.60. The van der Waals surface area contributed by atoms with Crippen LogP contribution in [0.15, 0.2) is 53.9 Å². The van der Waals surface area contributed by atoms with Crippen LogP contribution in [0.2, 0.25) is 0 Å². The standard InChI is InChI=1S/C31H37FN2O2S/c1-30-15-13-23-21(9-12-27-31(23,2)16-14-28(35)34-27)22(30)10-11-24(30)29(36)33-25(26-4-3-17-37-26)18-19-5-7-20(32)8-6-19/h3-8,14,16-17,21-25,27H,9-13,15,18H2,1-2H3,(H,33,36)(H,34,35)/t21-,22-,23+,24?,25?,27?,30-,31+/m0/s1. The molecule has 2 heterocycles. The maximum absolute atomic E-state index is 13.9. The summed E-state index contributed by atoms with van der Waals surface area (Å²) in [5, 5.41) is 8.72. The van der Waals surface area contributed by atoms with Gasteiger partial charge in [-0.05, 0) is 103 Å². The van der Waals surface area contributed by atoms with Gasteiger partial charge in [0.05, 0.1) is 6.04 Å². The highest BCUT2D eigenvalue weighted by molar-refractivity contribution is 7.10. The number of fused-ring (bicyclic) bond motifs is 5. The lowest BCUT2D eigenvalue weighted by atomic mass is 9.48. The molecule has 6 rings (SSSR count). The number of hydrogen-bond donors (Lipinski definition) is 2. The minimum absolute atomic E-state index is 0.00590. The van der Waals surface area contributed by atoms with Gasteiger partial charge in [-0.25, -0.2) is 4.39 Å². The van der Waals surface area contributed by atoms with E-state index < -0.39 is 0 Å². The summed E-state index contributed by atoms with van der Waals surface area (Å²) in [6.45, 7) is 4.71. The Morgan fingerprint density at radius 3 is 2.68 bits per heavy atom. The largest absolute Gasteiger partial charge is 0.349 e. The van der Waals surface area contributed by atoms with E-state index in [1.807, 2.05) is 23.6 Å². The van der Waals surface area contributed by atoms with Crippen molar-refractivity contribution in [2.24, 2.45) is 34.5 Å². The van der Waals surface area contributed by atoms with Crippen LogP contribution in [-0.4, -0.2) is 17.9 Å². The number of hydrogen-bond acceptors (Lipinski definition) is 3. The third-order valence-electron chi connectivity index (χ3n) is 10.6. The fourth-order valence-corrected chi connectivity index (χ4v) is 9.38. The Labute approximate surface area is 223 Å². The molecule has 6 heteroatoms. The van der Waals surface area contributed by atoms with Gasteiger partial charge < -0.3 is 10.6 Å². The first kappa shape index (κ1) is 24.8. The summed E-state index contributed by atoms with van der Waals surface area (Å²) in [5.74, 6) is 1.69. The highest BCUT2D eigenvalue weighted by atomic mass is 32.1. The molecular formula is C31H37FN2O2S. The molecule has 2 amide bonds. The molecule has 3 saturated carbocycles. The molecule has 0 spiro atoms. The van der Waals surface area contributed by atoms with Gasteiger partial charge in [-0.2, -0.15) is 0 Å². The van der Waals surface area contributed by atoms with E-state index in [1.165, 1.54) is 12.1 Å². The molecular weight excluding hydrogens is 483 g/mol. The van der Waals surface area contributed by atoms with Crippen LogP contribution < -0.4 is 10.6 Å². The van der Waals surface area contributed by atoms with E-state index >= 15 is 0 Å². The number of nitrogens with one attached hydrogen (secondary N) is 2. The topological polar surface area (TPSA) is 58.2 Å². The van der Waals surface area contributed by atoms with Crippen LogP contribution >= 0.6 is 11.3 Å². The van der Waals surface area contributed by atoms with E-state index in [-0.39, 0.29) is 46.5 Å². The Bertz CT molecular complexity index is 1190. The van der Waals surface area contributed by atoms with Crippen molar-refractivity contribution in [2.45, 2.75) is 70.9 Å². The molecule has 196 valence electrons. The van der Waals surface area contributed by atoms with Gasteiger partial charge in [0.25, 0.3) is 0 Å². The predicted molar refractivity (Wildman–Crippen MR) is 144 cm³/mol. The van der Waals surface area contributed by atoms with Gasteiger partial charge >= 0.3 is 0 Å². The van der Waals surface area contributed by atoms with Crippen molar-refractivity contribution in [3.8, 4) is 0 Å². The van der Waals surface area contributed by atoms with E-state index in [0.29, 0.717) is 24.2 Å².